The average Bonchev–Trinajstić information content (AvgIpc) is 2.44. The minimum Gasteiger partial charge on any atom is -0.493 e. The van der Waals surface area contributed by atoms with Gasteiger partial charge in [0, 0.05) is 18.2 Å². The number of carbonyl (C=O) groups is 3. The number of anilines is 1. The second-order valence-electron chi connectivity index (χ2n) is 3.97. The van der Waals surface area contributed by atoms with Gasteiger partial charge in [0.25, 0.3) is 0 Å². The lowest BCUT2D eigenvalue weighted by molar-refractivity contribution is -0.138. The predicted octanol–water partition coefficient (Wildman–Crippen LogP) is 1.22. The molecule has 0 fully saturated rings. The van der Waals surface area contributed by atoms with Crippen LogP contribution in [0.2, 0.25) is 0 Å². The maximum absolute atomic E-state index is 11.6. The minimum absolute atomic E-state index is 0.269. The van der Waals surface area contributed by atoms with Crippen LogP contribution in [0.15, 0.2) is 18.2 Å². The van der Waals surface area contributed by atoms with Crippen molar-refractivity contribution in [2.24, 2.45) is 0 Å². The molecule has 1 aromatic rings. The summed E-state index contributed by atoms with van der Waals surface area (Å²) in [6, 6.07) is 3.95. The van der Waals surface area contributed by atoms with Crippen LogP contribution in [-0.2, 0) is 9.59 Å². The molecule has 0 saturated heterocycles. The van der Waals surface area contributed by atoms with Gasteiger partial charge >= 0.3 is 12.0 Å². The Bertz CT molecular complexity index is 543. The van der Waals surface area contributed by atoms with Gasteiger partial charge in [-0.3, -0.25) is 14.9 Å². The van der Waals surface area contributed by atoms with Gasteiger partial charge in [-0.05, 0) is 12.1 Å². The molecule has 1 rings (SSSR count). The van der Waals surface area contributed by atoms with Gasteiger partial charge in [-0.1, -0.05) is 0 Å². The van der Waals surface area contributed by atoms with Gasteiger partial charge in [0.15, 0.2) is 11.5 Å². The van der Waals surface area contributed by atoms with E-state index in [-0.39, 0.29) is 12.8 Å². The lowest BCUT2D eigenvalue weighted by atomic mass is 10.2. The normalized spacial score (nSPS) is 9.62. The van der Waals surface area contributed by atoms with Crippen LogP contribution in [0.5, 0.6) is 11.5 Å². The smallest absolute Gasteiger partial charge is 0.325 e. The fraction of sp³-hybridized carbons (Fsp3) is 0.308. The first kappa shape index (κ1) is 16.3. The molecule has 114 valence electrons. The molecule has 3 N–H and O–H groups in total. The van der Waals surface area contributed by atoms with Crippen LogP contribution in [0.4, 0.5) is 10.5 Å². The zero-order valence-corrected chi connectivity index (χ0v) is 11.6. The van der Waals surface area contributed by atoms with Crippen molar-refractivity contribution in [1.29, 1.82) is 0 Å². The highest BCUT2D eigenvalue weighted by Crippen LogP contribution is 2.29. The van der Waals surface area contributed by atoms with Crippen molar-refractivity contribution >= 4 is 23.6 Å². The van der Waals surface area contributed by atoms with Crippen molar-refractivity contribution in [3.63, 3.8) is 0 Å². The molecule has 0 atom stereocenters. The van der Waals surface area contributed by atoms with E-state index >= 15 is 0 Å². The van der Waals surface area contributed by atoms with Crippen molar-refractivity contribution in [1.82, 2.24) is 5.32 Å². The maximum Gasteiger partial charge on any atom is 0.325 e. The number of carbonyl (C=O) groups excluding carboxylic acids is 2. The molecule has 0 aliphatic heterocycles. The fourth-order valence-corrected chi connectivity index (χ4v) is 1.49. The van der Waals surface area contributed by atoms with E-state index in [1.807, 2.05) is 5.32 Å². The lowest BCUT2D eigenvalue weighted by Crippen LogP contribution is -2.34. The number of urea groups is 1. The first-order chi connectivity index (χ1) is 9.96. The molecule has 0 saturated carbocycles. The highest BCUT2D eigenvalue weighted by molar-refractivity contribution is 6.01. The van der Waals surface area contributed by atoms with Crippen LogP contribution in [0.25, 0.3) is 0 Å². The summed E-state index contributed by atoms with van der Waals surface area (Å²) in [6.45, 7) is 0. The maximum atomic E-state index is 11.6. The van der Waals surface area contributed by atoms with Crippen LogP contribution in [-0.4, -0.2) is 37.2 Å². The number of methoxy groups -OCH3 is 2. The summed E-state index contributed by atoms with van der Waals surface area (Å²) in [7, 11) is 2.94. The molecule has 0 unspecified atom stereocenters. The summed E-state index contributed by atoms with van der Waals surface area (Å²) < 4.78 is 10.1. The third-order valence-electron chi connectivity index (χ3n) is 2.46. The van der Waals surface area contributed by atoms with Crippen LogP contribution in [0, 0.1) is 0 Å². The topological polar surface area (TPSA) is 114 Å². The average molecular weight is 296 g/mol. The molecule has 21 heavy (non-hydrogen) atoms. The number of hydrogen-bond donors (Lipinski definition) is 3. The third kappa shape index (κ3) is 5.39. The standard InChI is InChI=1S/C13H16N2O6/c1-20-9-4-3-8(7-10(9)21-2)14-13(19)15-11(16)5-6-12(17)18/h3-4,7H,5-6H2,1-2H3,(H,17,18)(H2,14,15,16,19). The summed E-state index contributed by atoms with van der Waals surface area (Å²) in [6.07, 6.45) is -0.607. The van der Waals surface area contributed by atoms with Gasteiger partial charge in [-0.2, -0.15) is 0 Å². The molecule has 0 aliphatic rings. The van der Waals surface area contributed by atoms with Gasteiger partial charge < -0.3 is 19.9 Å². The molecule has 3 amide bonds. The van der Waals surface area contributed by atoms with E-state index in [9.17, 15) is 14.4 Å². The van der Waals surface area contributed by atoms with E-state index < -0.39 is 17.9 Å². The number of imide groups is 1. The van der Waals surface area contributed by atoms with Gasteiger partial charge in [-0.25, -0.2) is 4.79 Å². The van der Waals surface area contributed by atoms with Gasteiger partial charge in [0.2, 0.25) is 5.91 Å². The molecule has 0 bridgehead atoms. The highest BCUT2D eigenvalue weighted by Gasteiger charge is 2.11. The molecule has 8 nitrogen and oxygen atoms in total. The van der Waals surface area contributed by atoms with Crippen molar-refractivity contribution in [3.05, 3.63) is 18.2 Å². The Balaban J connectivity index is 2.58. The molecule has 0 aromatic heterocycles. The number of carboxylic acids is 1. The minimum atomic E-state index is -1.11. The number of amides is 3. The van der Waals surface area contributed by atoms with Crippen molar-refractivity contribution in [3.8, 4) is 11.5 Å². The Morgan fingerprint density at radius 1 is 1.10 bits per heavy atom. The number of nitrogens with one attached hydrogen (secondary N) is 2. The van der Waals surface area contributed by atoms with Crippen molar-refractivity contribution in [2.75, 3.05) is 19.5 Å². The Morgan fingerprint density at radius 3 is 2.33 bits per heavy atom. The molecular formula is C13H16N2O6. The second-order valence-corrected chi connectivity index (χ2v) is 3.97. The van der Waals surface area contributed by atoms with Gasteiger partial charge in [0.05, 0.1) is 20.6 Å². The van der Waals surface area contributed by atoms with Gasteiger partial charge in [-0.15, -0.1) is 0 Å². The van der Waals surface area contributed by atoms with Crippen LogP contribution < -0.4 is 20.1 Å². The van der Waals surface area contributed by atoms with Crippen molar-refractivity contribution in [2.45, 2.75) is 12.8 Å². The number of aliphatic carboxylic acids is 1. The molecule has 1 aromatic carbocycles. The largest absolute Gasteiger partial charge is 0.493 e. The quantitative estimate of drug-likeness (QED) is 0.727. The number of rotatable bonds is 6. The summed E-state index contributed by atoms with van der Waals surface area (Å²) in [4.78, 5) is 33.2. The molecule has 0 spiro atoms. The van der Waals surface area contributed by atoms with Crippen LogP contribution >= 0.6 is 0 Å². The van der Waals surface area contributed by atoms with E-state index in [2.05, 4.69) is 5.32 Å². The molecule has 0 radical (unpaired) electrons. The number of hydrogen-bond acceptors (Lipinski definition) is 5. The summed E-state index contributed by atoms with van der Waals surface area (Å²) in [5.41, 5.74) is 0.399. The lowest BCUT2D eigenvalue weighted by Gasteiger charge is -2.10. The number of ether oxygens (including phenoxy) is 2. The summed E-state index contributed by atoms with van der Waals surface area (Å²) >= 11 is 0. The SMILES string of the molecule is COc1ccc(NC(=O)NC(=O)CCC(=O)O)cc1OC. The first-order valence-corrected chi connectivity index (χ1v) is 6.01. The Labute approximate surface area is 121 Å². The molecular weight excluding hydrogens is 280 g/mol. The van der Waals surface area contributed by atoms with E-state index in [4.69, 9.17) is 14.6 Å². The fourth-order valence-electron chi connectivity index (χ4n) is 1.49. The van der Waals surface area contributed by atoms with E-state index in [0.717, 1.165) is 0 Å². The molecule has 0 aliphatic carbocycles. The summed E-state index contributed by atoms with van der Waals surface area (Å²) in [5.74, 6) is -0.852. The Morgan fingerprint density at radius 2 is 1.76 bits per heavy atom. The van der Waals surface area contributed by atoms with Crippen molar-refractivity contribution < 1.29 is 29.0 Å². The predicted molar refractivity (Wildman–Crippen MR) is 73.6 cm³/mol. The van der Waals surface area contributed by atoms with Crippen LogP contribution in [0.1, 0.15) is 12.8 Å². The van der Waals surface area contributed by atoms with E-state index in [1.165, 1.54) is 20.3 Å². The Kier molecular flexibility index (Phi) is 5.99. The number of carboxylic acid groups (broad SMARTS) is 1. The Hall–Kier alpha value is -2.77. The highest BCUT2D eigenvalue weighted by atomic mass is 16.5. The monoisotopic (exact) mass is 296 g/mol. The van der Waals surface area contributed by atoms with E-state index in [1.54, 1.807) is 12.1 Å². The van der Waals surface area contributed by atoms with Crippen LogP contribution in [0.3, 0.4) is 0 Å². The zero-order chi connectivity index (χ0) is 15.8. The second kappa shape index (κ2) is 7.73. The zero-order valence-electron chi connectivity index (χ0n) is 11.6. The summed E-state index contributed by atoms with van der Waals surface area (Å²) in [5, 5.41) is 12.9. The first-order valence-electron chi connectivity index (χ1n) is 6.01. The molecule has 0 heterocycles. The molecule has 8 heteroatoms. The third-order valence-corrected chi connectivity index (χ3v) is 2.46. The number of benzene rings is 1. The van der Waals surface area contributed by atoms with Gasteiger partial charge in [0.1, 0.15) is 0 Å². The van der Waals surface area contributed by atoms with E-state index in [0.29, 0.717) is 17.2 Å².